The zero-order valence-corrected chi connectivity index (χ0v) is 16.6. The van der Waals surface area contributed by atoms with E-state index in [1.54, 1.807) is 18.4 Å². The molecule has 0 saturated heterocycles. The van der Waals surface area contributed by atoms with E-state index < -0.39 is 63.4 Å². The molecule has 1 atom stereocenters. The largest absolute Gasteiger partial charge is 0.443 e. The van der Waals surface area contributed by atoms with Crippen molar-refractivity contribution in [2.24, 2.45) is 0 Å². The minimum atomic E-state index is -7.66. The van der Waals surface area contributed by atoms with Gasteiger partial charge in [0.2, 0.25) is 0 Å². The molecule has 0 aliphatic heterocycles. The number of nitrogens with one attached hydrogen (secondary N) is 1. The number of ether oxygens (including phenoxy) is 2. The molecule has 0 radical (unpaired) electrons. The molecule has 0 spiro atoms. The van der Waals surface area contributed by atoms with Crippen molar-refractivity contribution in [1.82, 2.24) is 5.32 Å². The van der Waals surface area contributed by atoms with Gasteiger partial charge in [0.15, 0.2) is 6.61 Å². The van der Waals surface area contributed by atoms with Gasteiger partial charge in [0, 0.05) is 6.61 Å². The van der Waals surface area contributed by atoms with Crippen LogP contribution in [0.3, 0.4) is 0 Å². The standard InChI is InChI=1S/C13H17F12NO3Si/c1-4-28-8(30(2)3)26-7(27)29-5-9(16,17)11(20,21)13(24,25)12(22,23)10(18,19)6(14)15/h6,8,30H,4-5H2,1-3H3,(H,26,27). The van der Waals surface area contributed by atoms with Gasteiger partial charge < -0.3 is 9.47 Å². The summed E-state index contributed by atoms with van der Waals surface area (Å²) in [6.07, 6.45) is -7.47. The molecule has 1 unspecified atom stereocenters. The van der Waals surface area contributed by atoms with Gasteiger partial charge in [-0.3, -0.25) is 5.32 Å². The molecule has 1 amide bonds. The van der Waals surface area contributed by atoms with Crippen molar-refractivity contribution >= 4 is 14.9 Å². The number of carbonyl (C=O) groups excluding carboxylic acids is 1. The van der Waals surface area contributed by atoms with Crippen LogP contribution in [0, 0.1) is 0 Å². The molecule has 0 aliphatic rings. The monoisotopic (exact) mass is 491 g/mol. The average molecular weight is 491 g/mol. The fraction of sp³-hybridized carbons (Fsp3) is 0.923. The highest BCUT2D eigenvalue weighted by atomic mass is 28.3. The molecular weight excluding hydrogens is 474 g/mol. The first-order valence-electron chi connectivity index (χ1n) is 7.92. The van der Waals surface area contributed by atoms with E-state index in [2.05, 4.69) is 4.74 Å². The van der Waals surface area contributed by atoms with Crippen molar-refractivity contribution in [1.29, 1.82) is 0 Å². The van der Waals surface area contributed by atoms with Gasteiger partial charge in [-0.1, -0.05) is 13.1 Å². The van der Waals surface area contributed by atoms with Crippen LogP contribution in [0.25, 0.3) is 0 Å². The molecule has 0 rings (SSSR count). The van der Waals surface area contributed by atoms with Crippen LogP contribution in [0.4, 0.5) is 57.5 Å². The predicted octanol–water partition coefficient (Wildman–Crippen LogP) is 4.54. The van der Waals surface area contributed by atoms with Gasteiger partial charge in [0.1, 0.15) is 5.85 Å². The highest BCUT2D eigenvalue weighted by Gasteiger charge is 2.87. The Kier molecular flexibility index (Phi) is 8.96. The van der Waals surface area contributed by atoms with E-state index in [1.165, 1.54) is 6.92 Å². The Morgan fingerprint density at radius 2 is 1.37 bits per heavy atom. The van der Waals surface area contributed by atoms with Gasteiger partial charge in [-0.25, -0.2) is 13.6 Å². The number of alkyl carbamates (subject to hydrolysis) is 1. The number of hydrogen-bond acceptors (Lipinski definition) is 3. The van der Waals surface area contributed by atoms with E-state index in [9.17, 15) is 57.5 Å². The van der Waals surface area contributed by atoms with E-state index in [4.69, 9.17) is 4.74 Å². The maximum Gasteiger partial charge on any atom is 0.409 e. The highest BCUT2D eigenvalue weighted by Crippen LogP contribution is 2.58. The number of carbonyl (C=O) groups is 1. The lowest BCUT2D eigenvalue weighted by Gasteiger charge is -2.38. The molecule has 180 valence electrons. The molecule has 0 saturated carbocycles. The minimum Gasteiger partial charge on any atom is -0.443 e. The fourth-order valence-corrected chi connectivity index (χ4v) is 2.80. The van der Waals surface area contributed by atoms with Gasteiger partial charge in [-0.2, -0.15) is 43.9 Å². The summed E-state index contributed by atoms with van der Waals surface area (Å²) in [5.74, 6) is -37.1. The van der Waals surface area contributed by atoms with Gasteiger partial charge >= 0.3 is 42.1 Å². The second kappa shape index (κ2) is 9.40. The SMILES string of the molecule is CCOC(NC(=O)OCC(F)(F)C(F)(F)C(F)(F)C(F)(F)C(F)(F)C(F)F)[SiH](C)C. The molecule has 0 aromatic heterocycles. The second-order valence-corrected chi connectivity index (χ2v) is 9.29. The van der Waals surface area contributed by atoms with Gasteiger partial charge in [-0.05, 0) is 6.92 Å². The summed E-state index contributed by atoms with van der Waals surface area (Å²) in [6, 6.07) is 0. The fourth-order valence-electron chi connectivity index (χ4n) is 1.76. The van der Waals surface area contributed by atoms with E-state index in [1.807, 2.05) is 0 Å². The van der Waals surface area contributed by atoms with Crippen molar-refractivity contribution < 1.29 is 67.0 Å². The van der Waals surface area contributed by atoms with Crippen LogP contribution in [0.1, 0.15) is 6.92 Å². The Morgan fingerprint density at radius 3 is 1.73 bits per heavy atom. The first kappa shape index (κ1) is 28.6. The lowest BCUT2D eigenvalue weighted by Crippen LogP contribution is -2.69. The molecule has 0 aliphatic carbocycles. The molecule has 30 heavy (non-hydrogen) atoms. The summed E-state index contributed by atoms with van der Waals surface area (Å²) in [4.78, 5) is 11.4. The van der Waals surface area contributed by atoms with Crippen LogP contribution in [0.2, 0.25) is 13.1 Å². The third kappa shape index (κ3) is 5.26. The molecule has 4 nitrogen and oxygen atoms in total. The number of amides is 1. The molecule has 17 heteroatoms. The highest BCUT2D eigenvalue weighted by molar-refractivity contribution is 6.57. The maximum atomic E-state index is 13.5. The zero-order chi connectivity index (χ0) is 24.3. The summed E-state index contributed by atoms with van der Waals surface area (Å²) in [6.45, 7) is 1.66. The first-order chi connectivity index (χ1) is 13.2. The number of rotatable bonds is 11. The quantitative estimate of drug-likeness (QED) is 0.262. The van der Waals surface area contributed by atoms with E-state index in [0.717, 1.165) is 0 Å². The van der Waals surface area contributed by atoms with Crippen LogP contribution in [-0.2, 0) is 9.47 Å². The summed E-state index contributed by atoms with van der Waals surface area (Å²) < 4.78 is 164. The minimum absolute atomic E-state index is 0.00398. The lowest BCUT2D eigenvalue weighted by atomic mass is 9.94. The molecule has 0 aromatic rings. The van der Waals surface area contributed by atoms with Crippen LogP contribution in [-0.4, -0.2) is 70.0 Å². The van der Waals surface area contributed by atoms with Crippen molar-refractivity contribution in [2.45, 2.75) is 61.9 Å². The Hall–Kier alpha value is -1.39. The van der Waals surface area contributed by atoms with Gasteiger partial charge in [0.05, 0.1) is 8.80 Å². The molecule has 1 N–H and O–H groups in total. The molecule has 0 bridgehead atoms. The van der Waals surface area contributed by atoms with E-state index in [-0.39, 0.29) is 6.61 Å². The Labute approximate surface area is 163 Å². The van der Waals surface area contributed by atoms with Crippen molar-refractivity contribution in [3.05, 3.63) is 0 Å². The molecular formula is C13H17F12NO3Si. The molecule has 0 fully saturated rings. The molecule has 0 aromatic carbocycles. The normalized spacial score (nSPS) is 15.5. The maximum absolute atomic E-state index is 13.5. The average Bonchev–Trinajstić information content (AvgIpc) is 2.58. The van der Waals surface area contributed by atoms with Crippen LogP contribution < -0.4 is 5.32 Å². The first-order valence-corrected chi connectivity index (χ1v) is 10.9. The summed E-state index contributed by atoms with van der Waals surface area (Å²) in [5.41, 5.74) is 0. The van der Waals surface area contributed by atoms with Gasteiger partial charge in [0.25, 0.3) is 0 Å². The summed E-state index contributed by atoms with van der Waals surface area (Å²) >= 11 is 0. The number of halogens is 12. The van der Waals surface area contributed by atoms with Gasteiger partial charge in [-0.15, -0.1) is 0 Å². The molecule has 0 heterocycles. The Balaban J connectivity index is 5.59. The second-order valence-electron chi connectivity index (χ2n) is 6.19. The van der Waals surface area contributed by atoms with E-state index in [0.29, 0.717) is 0 Å². The number of alkyl halides is 12. The Bertz CT molecular complexity index is 588. The third-order valence-electron chi connectivity index (χ3n) is 3.54. The van der Waals surface area contributed by atoms with Crippen LogP contribution in [0.15, 0.2) is 0 Å². The summed E-state index contributed by atoms with van der Waals surface area (Å²) in [7, 11) is -1.88. The van der Waals surface area contributed by atoms with Crippen molar-refractivity contribution in [3.8, 4) is 0 Å². The lowest BCUT2D eigenvalue weighted by molar-refractivity contribution is -0.414. The van der Waals surface area contributed by atoms with Crippen molar-refractivity contribution in [2.75, 3.05) is 13.2 Å². The number of hydrogen-bond donors (Lipinski definition) is 1. The Morgan fingerprint density at radius 1 is 0.900 bits per heavy atom. The van der Waals surface area contributed by atoms with E-state index >= 15 is 0 Å². The zero-order valence-electron chi connectivity index (χ0n) is 15.4. The predicted molar refractivity (Wildman–Crippen MR) is 79.5 cm³/mol. The van der Waals surface area contributed by atoms with Crippen molar-refractivity contribution in [3.63, 3.8) is 0 Å². The van der Waals surface area contributed by atoms with Crippen LogP contribution in [0.5, 0.6) is 0 Å². The topological polar surface area (TPSA) is 47.6 Å². The summed E-state index contributed by atoms with van der Waals surface area (Å²) in [5, 5.41) is 1.79. The third-order valence-corrected chi connectivity index (χ3v) is 5.11. The smallest absolute Gasteiger partial charge is 0.409 e. The van der Waals surface area contributed by atoms with Crippen LogP contribution >= 0.6 is 0 Å².